The molecule has 6 nitrogen and oxygen atoms in total. The van der Waals surface area contributed by atoms with Gasteiger partial charge in [-0.05, 0) is 38.3 Å². The van der Waals surface area contributed by atoms with E-state index < -0.39 is 15.6 Å². The molecule has 3 rings (SSSR count). The molecule has 1 N–H and O–H groups in total. The third-order valence-electron chi connectivity index (χ3n) is 5.16. The minimum absolute atomic E-state index is 0.0378. The molecule has 2 aliphatic heterocycles. The van der Waals surface area contributed by atoms with Crippen LogP contribution in [0.2, 0.25) is 0 Å². The maximum Gasteiger partial charge on any atom is 0.244 e. The zero-order valence-electron chi connectivity index (χ0n) is 13.7. The minimum Gasteiger partial charge on any atom is -0.390 e. The average molecular weight is 350 g/mol. The monoisotopic (exact) mass is 350 g/mol. The van der Waals surface area contributed by atoms with Gasteiger partial charge in [0, 0.05) is 25.1 Å². The topological polar surface area (TPSA) is 90.6 Å². The molecule has 2 aliphatic rings. The van der Waals surface area contributed by atoms with E-state index in [1.807, 2.05) is 6.07 Å². The lowest BCUT2D eigenvalue weighted by Crippen LogP contribution is -2.53. The number of hydrogen-bond donors (Lipinski definition) is 1. The van der Waals surface area contributed by atoms with Gasteiger partial charge in [0.25, 0.3) is 0 Å². The molecule has 1 aromatic carbocycles. The van der Waals surface area contributed by atoms with Gasteiger partial charge in [-0.1, -0.05) is 12.1 Å². The minimum atomic E-state index is -3.79. The van der Waals surface area contributed by atoms with Crippen LogP contribution in [0.1, 0.15) is 31.7 Å². The maximum atomic E-state index is 13.1. The van der Waals surface area contributed by atoms with E-state index in [4.69, 9.17) is 4.74 Å². The Kier molecular flexibility index (Phi) is 4.67. The smallest absolute Gasteiger partial charge is 0.244 e. The summed E-state index contributed by atoms with van der Waals surface area (Å²) in [4.78, 5) is 0.0378. The number of benzene rings is 1. The van der Waals surface area contributed by atoms with Gasteiger partial charge in [-0.25, -0.2) is 8.42 Å². The second-order valence-corrected chi connectivity index (χ2v) is 8.58. The van der Waals surface area contributed by atoms with Crippen molar-refractivity contribution in [3.05, 3.63) is 29.8 Å². The van der Waals surface area contributed by atoms with Crippen molar-refractivity contribution in [2.75, 3.05) is 19.8 Å². The largest absolute Gasteiger partial charge is 0.390 e. The molecule has 0 spiro atoms. The summed E-state index contributed by atoms with van der Waals surface area (Å²) in [6.07, 6.45) is 1.93. The van der Waals surface area contributed by atoms with Crippen molar-refractivity contribution in [1.29, 1.82) is 5.26 Å². The third kappa shape index (κ3) is 2.95. The van der Waals surface area contributed by atoms with Crippen LogP contribution in [0.4, 0.5) is 0 Å². The number of ether oxygens (including phenoxy) is 1. The number of rotatable bonds is 3. The number of hydrogen-bond acceptors (Lipinski definition) is 5. The zero-order valence-corrected chi connectivity index (χ0v) is 14.5. The van der Waals surface area contributed by atoms with E-state index in [9.17, 15) is 18.8 Å². The predicted molar refractivity (Wildman–Crippen MR) is 87.6 cm³/mol. The Balaban J connectivity index is 1.97. The summed E-state index contributed by atoms with van der Waals surface area (Å²) in [5, 5.41) is 19.9. The van der Waals surface area contributed by atoms with Crippen molar-refractivity contribution in [2.24, 2.45) is 5.92 Å². The molecule has 0 aliphatic carbocycles. The first-order valence-corrected chi connectivity index (χ1v) is 9.63. The van der Waals surface area contributed by atoms with Gasteiger partial charge >= 0.3 is 0 Å². The van der Waals surface area contributed by atoms with Gasteiger partial charge in [0.1, 0.15) is 6.07 Å². The lowest BCUT2D eigenvalue weighted by molar-refractivity contribution is -0.116. The second-order valence-electron chi connectivity index (χ2n) is 6.72. The first kappa shape index (κ1) is 17.4. The molecule has 0 amide bonds. The molecule has 2 saturated heterocycles. The van der Waals surface area contributed by atoms with E-state index in [-0.39, 0.29) is 22.4 Å². The van der Waals surface area contributed by atoms with Crippen molar-refractivity contribution < 1.29 is 18.3 Å². The molecular weight excluding hydrogens is 328 g/mol. The zero-order chi connectivity index (χ0) is 17.4. The molecule has 7 heteroatoms. The Morgan fingerprint density at radius 1 is 1.42 bits per heavy atom. The molecule has 130 valence electrons. The fraction of sp³-hybridized carbons (Fsp3) is 0.588. The molecular formula is C17H22N2O4S. The Morgan fingerprint density at radius 2 is 2.17 bits per heavy atom. The molecule has 0 unspecified atom stereocenters. The van der Waals surface area contributed by atoms with E-state index in [1.54, 1.807) is 19.1 Å². The molecule has 2 heterocycles. The average Bonchev–Trinajstić information content (AvgIpc) is 3.04. The SMILES string of the molecule is C[C@]1(O)CCOC[C@@H]1[C@H]1CCCN1S(=O)(=O)c1ccccc1C#N. The van der Waals surface area contributed by atoms with E-state index in [1.165, 1.54) is 16.4 Å². The number of nitriles is 1. The van der Waals surface area contributed by atoms with Crippen LogP contribution in [-0.2, 0) is 14.8 Å². The highest BCUT2D eigenvalue weighted by molar-refractivity contribution is 7.89. The Hall–Kier alpha value is -1.46. The van der Waals surface area contributed by atoms with Crippen LogP contribution in [0.5, 0.6) is 0 Å². The van der Waals surface area contributed by atoms with E-state index in [2.05, 4.69) is 0 Å². The molecule has 0 radical (unpaired) electrons. The van der Waals surface area contributed by atoms with Crippen LogP contribution in [0.3, 0.4) is 0 Å². The fourth-order valence-electron chi connectivity index (χ4n) is 3.76. The van der Waals surface area contributed by atoms with E-state index in [0.717, 1.165) is 6.42 Å². The summed E-state index contributed by atoms with van der Waals surface area (Å²) in [5.41, 5.74) is -0.801. The van der Waals surface area contributed by atoms with Crippen molar-refractivity contribution in [2.45, 2.75) is 42.7 Å². The van der Waals surface area contributed by atoms with Crippen molar-refractivity contribution in [3.8, 4) is 6.07 Å². The number of aliphatic hydroxyl groups is 1. The van der Waals surface area contributed by atoms with Crippen molar-refractivity contribution in [1.82, 2.24) is 4.31 Å². The molecule has 0 bridgehead atoms. The highest BCUT2D eigenvalue weighted by Crippen LogP contribution is 2.38. The predicted octanol–water partition coefficient (Wildman–Crippen LogP) is 1.50. The first-order valence-electron chi connectivity index (χ1n) is 8.19. The van der Waals surface area contributed by atoms with E-state index >= 15 is 0 Å². The second kappa shape index (κ2) is 6.45. The Labute approximate surface area is 142 Å². The molecule has 0 aromatic heterocycles. The fourth-order valence-corrected chi connectivity index (χ4v) is 5.63. The Bertz CT molecular complexity index is 754. The summed E-state index contributed by atoms with van der Waals surface area (Å²) in [6, 6.07) is 7.91. The molecule has 1 aromatic rings. The quantitative estimate of drug-likeness (QED) is 0.892. The van der Waals surface area contributed by atoms with Gasteiger partial charge in [0.15, 0.2) is 0 Å². The van der Waals surface area contributed by atoms with Crippen LogP contribution in [0.25, 0.3) is 0 Å². The maximum absolute atomic E-state index is 13.1. The lowest BCUT2D eigenvalue weighted by Gasteiger charge is -2.42. The van der Waals surface area contributed by atoms with Gasteiger partial charge < -0.3 is 9.84 Å². The molecule has 0 saturated carbocycles. The highest BCUT2D eigenvalue weighted by Gasteiger charge is 2.47. The van der Waals surface area contributed by atoms with Gasteiger partial charge in [0.05, 0.1) is 22.7 Å². The van der Waals surface area contributed by atoms with Gasteiger partial charge in [-0.2, -0.15) is 9.57 Å². The third-order valence-corrected chi connectivity index (χ3v) is 7.14. The summed E-state index contributed by atoms with van der Waals surface area (Å²) < 4.78 is 33.2. The van der Waals surface area contributed by atoms with Crippen LogP contribution in [-0.4, -0.2) is 49.2 Å². The molecule has 24 heavy (non-hydrogen) atoms. The van der Waals surface area contributed by atoms with Crippen molar-refractivity contribution >= 4 is 10.0 Å². The van der Waals surface area contributed by atoms with Crippen LogP contribution < -0.4 is 0 Å². The molecule has 3 atom stereocenters. The first-order chi connectivity index (χ1) is 11.4. The Morgan fingerprint density at radius 3 is 2.88 bits per heavy atom. The van der Waals surface area contributed by atoms with Gasteiger partial charge in [-0.3, -0.25) is 0 Å². The van der Waals surface area contributed by atoms with E-state index in [0.29, 0.717) is 32.6 Å². The summed E-state index contributed by atoms with van der Waals surface area (Å²) in [6.45, 7) is 3.00. The number of nitrogens with zero attached hydrogens (tertiary/aromatic N) is 2. The number of sulfonamides is 1. The highest BCUT2D eigenvalue weighted by atomic mass is 32.2. The normalized spacial score (nSPS) is 31.7. The summed E-state index contributed by atoms with van der Waals surface area (Å²) in [5.74, 6) is -0.266. The lowest BCUT2D eigenvalue weighted by atomic mass is 9.80. The standard InChI is InChI=1S/C17H22N2O4S/c1-17(20)8-10-23-12-14(17)15-6-4-9-19(15)24(21,22)16-7-3-2-5-13(16)11-18/h2-3,5,7,14-15,20H,4,6,8-10,12H2,1H3/t14-,15-,17+/m1/s1. The van der Waals surface area contributed by atoms with Crippen molar-refractivity contribution in [3.63, 3.8) is 0 Å². The van der Waals surface area contributed by atoms with Crippen LogP contribution in [0.15, 0.2) is 29.2 Å². The molecule has 2 fully saturated rings. The van der Waals surface area contributed by atoms with Gasteiger partial charge in [0.2, 0.25) is 10.0 Å². The van der Waals surface area contributed by atoms with Crippen LogP contribution >= 0.6 is 0 Å². The van der Waals surface area contributed by atoms with Gasteiger partial charge in [-0.15, -0.1) is 0 Å². The van der Waals surface area contributed by atoms with Crippen LogP contribution in [0, 0.1) is 17.2 Å². The summed E-state index contributed by atoms with van der Waals surface area (Å²) in [7, 11) is -3.79. The summed E-state index contributed by atoms with van der Waals surface area (Å²) >= 11 is 0.